The minimum absolute atomic E-state index is 0.0530. The Labute approximate surface area is 179 Å². The van der Waals surface area contributed by atoms with Crippen LogP contribution in [0.1, 0.15) is 54.9 Å². The van der Waals surface area contributed by atoms with E-state index in [1.807, 2.05) is 13.0 Å². The topological polar surface area (TPSA) is 84.1 Å². The number of alkyl halides is 2. The minimum Gasteiger partial charge on any atom is -0.489 e. The maximum Gasteiger partial charge on any atom is 0.388 e. The Morgan fingerprint density at radius 3 is 2.81 bits per heavy atom. The first-order chi connectivity index (χ1) is 14.9. The molecule has 7 nitrogen and oxygen atoms in total. The average molecular weight is 436 g/mol. The summed E-state index contributed by atoms with van der Waals surface area (Å²) in [6.07, 6.45) is 0.629. The van der Waals surface area contributed by atoms with E-state index >= 15 is 0 Å². The fourth-order valence-electron chi connectivity index (χ4n) is 4.95. The molecule has 3 atom stereocenters. The number of benzene rings is 1. The van der Waals surface area contributed by atoms with Crippen molar-refractivity contribution in [2.75, 3.05) is 13.1 Å². The van der Waals surface area contributed by atoms with Crippen LogP contribution in [0.5, 0.6) is 5.75 Å². The smallest absolute Gasteiger partial charge is 0.388 e. The molecular weight excluding hydrogens is 408 g/mol. The summed E-state index contributed by atoms with van der Waals surface area (Å²) in [5.74, 6) is -0.0281. The number of ether oxygens (including phenoxy) is 1. The summed E-state index contributed by atoms with van der Waals surface area (Å²) in [4.78, 5) is 30.0. The number of nitrogens with zero attached hydrogens (tertiary/aromatic N) is 2. The van der Waals surface area contributed by atoms with Gasteiger partial charge in [0.05, 0.1) is 13.0 Å². The molecule has 1 aliphatic carbocycles. The largest absolute Gasteiger partial charge is 0.489 e. The molecule has 9 heteroatoms. The van der Waals surface area contributed by atoms with Crippen LogP contribution in [-0.4, -0.2) is 70.3 Å². The third-order valence-electron chi connectivity index (χ3n) is 6.47. The molecule has 31 heavy (non-hydrogen) atoms. The molecule has 1 saturated carbocycles. The standard InChI is InChI=1S/C22H27F2N3O4/c1-2-26(12-19(23)24)16-4-3-5-18(16)31-14-6-7-15-13(10-14)11-27(22(15)30)17-8-9-20(28)25-21(17)29/h6-7,10,16-19H,2-5,8-9,11-12H2,1H3,(H,25,28,29)/p+1/t16-,17?,18-/m0/s1. The van der Waals surface area contributed by atoms with Crippen LogP contribution in [-0.2, 0) is 11.3 Å². The first kappa shape index (κ1) is 21.7. The van der Waals surface area contributed by atoms with Crippen LogP contribution in [0.4, 0.5) is 8.78 Å². The zero-order chi connectivity index (χ0) is 22.1. The quantitative estimate of drug-likeness (QED) is 0.672. The number of halogens is 2. The van der Waals surface area contributed by atoms with Gasteiger partial charge in [-0.3, -0.25) is 9.69 Å². The lowest BCUT2D eigenvalue weighted by molar-refractivity contribution is -0.394. The van der Waals surface area contributed by atoms with Crippen molar-refractivity contribution in [1.29, 1.82) is 0 Å². The highest BCUT2D eigenvalue weighted by atomic mass is 19.3. The van der Waals surface area contributed by atoms with Gasteiger partial charge in [0.2, 0.25) is 0 Å². The van der Waals surface area contributed by atoms with Gasteiger partial charge in [0, 0.05) is 18.2 Å². The fraction of sp³-hybridized carbons (Fsp3) is 0.591. The van der Waals surface area contributed by atoms with E-state index < -0.39 is 12.5 Å². The Morgan fingerprint density at radius 1 is 1.29 bits per heavy atom. The van der Waals surface area contributed by atoms with Crippen molar-refractivity contribution in [3.63, 3.8) is 0 Å². The van der Waals surface area contributed by atoms with Crippen molar-refractivity contribution in [3.05, 3.63) is 29.3 Å². The Kier molecular flexibility index (Phi) is 6.22. The summed E-state index contributed by atoms with van der Waals surface area (Å²) >= 11 is 0. The van der Waals surface area contributed by atoms with E-state index in [0.29, 0.717) is 30.8 Å². The molecule has 3 aliphatic rings. The summed E-state index contributed by atoms with van der Waals surface area (Å²) in [7, 11) is 0. The molecule has 1 fully saturated rings. The Bertz CT molecular complexity index is 892. The SMILES string of the molecule is CCN(CC(F)F)[C@H]1CCC[C@@H]1Oc1ccc2c(c1)CN(C1CCC(=O)[NH+]=C1O)C2=O. The molecule has 2 aliphatic heterocycles. The van der Waals surface area contributed by atoms with Gasteiger partial charge in [0.25, 0.3) is 12.3 Å². The van der Waals surface area contributed by atoms with Gasteiger partial charge in [0.15, 0.2) is 6.04 Å². The van der Waals surface area contributed by atoms with Gasteiger partial charge >= 0.3 is 11.8 Å². The summed E-state index contributed by atoms with van der Waals surface area (Å²) in [6.45, 7) is 2.48. The van der Waals surface area contributed by atoms with Crippen LogP contribution in [0.3, 0.4) is 0 Å². The van der Waals surface area contributed by atoms with Crippen LogP contribution < -0.4 is 9.73 Å². The van der Waals surface area contributed by atoms with E-state index in [9.17, 15) is 23.5 Å². The number of carbonyl (C=O) groups is 2. The number of hydrogen-bond donors (Lipinski definition) is 2. The van der Waals surface area contributed by atoms with Crippen molar-refractivity contribution in [2.24, 2.45) is 0 Å². The minimum atomic E-state index is -2.38. The molecule has 0 bridgehead atoms. The molecule has 2 heterocycles. The zero-order valence-corrected chi connectivity index (χ0v) is 17.5. The lowest BCUT2D eigenvalue weighted by Gasteiger charge is -2.32. The van der Waals surface area contributed by atoms with Crippen molar-refractivity contribution in [1.82, 2.24) is 9.80 Å². The molecule has 1 unspecified atom stereocenters. The summed E-state index contributed by atoms with van der Waals surface area (Å²) in [5.41, 5.74) is 1.34. The number of nitrogens with one attached hydrogen (secondary N) is 1. The molecule has 2 amide bonds. The molecular formula is C22H28F2N3O4+. The molecule has 0 spiro atoms. The lowest BCUT2D eigenvalue weighted by Crippen LogP contribution is -2.82. The van der Waals surface area contributed by atoms with Crippen molar-refractivity contribution in [3.8, 4) is 5.75 Å². The summed E-state index contributed by atoms with van der Waals surface area (Å²) in [6, 6.07) is 4.68. The first-order valence-corrected chi connectivity index (χ1v) is 10.9. The van der Waals surface area contributed by atoms with E-state index in [2.05, 4.69) is 4.99 Å². The van der Waals surface area contributed by atoms with E-state index in [-0.39, 0.29) is 42.8 Å². The van der Waals surface area contributed by atoms with Gasteiger partial charge in [-0.25, -0.2) is 13.6 Å². The van der Waals surface area contributed by atoms with Crippen molar-refractivity contribution >= 4 is 17.7 Å². The fourth-order valence-corrected chi connectivity index (χ4v) is 4.95. The molecule has 168 valence electrons. The van der Waals surface area contributed by atoms with Crippen molar-refractivity contribution < 1.29 is 33.2 Å². The van der Waals surface area contributed by atoms with Gasteiger partial charge in [-0.15, -0.1) is 4.99 Å². The number of aliphatic hydroxyl groups excluding tert-OH is 1. The maximum atomic E-state index is 12.9. The van der Waals surface area contributed by atoms with Crippen molar-refractivity contribution in [2.45, 2.75) is 70.2 Å². The normalized spacial score (nSPS) is 26.0. The molecule has 1 aromatic carbocycles. The Balaban J connectivity index is 1.47. The maximum absolute atomic E-state index is 12.9. The molecule has 0 radical (unpaired) electrons. The number of likely N-dealkylation sites (N-methyl/N-ethyl adjacent to an activating group) is 1. The third-order valence-corrected chi connectivity index (χ3v) is 6.47. The first-order valence-electron chi connectivity index (χ1n) is 10.9. The van der Waals surface area contributed by atoms with Gasteiger partial charge in [-0.2, -0.15) is 0 Å². The highest BCUT2D eigenvalue weighted by Crippen LogP contribution is 2.33. The van der Waals surface area contributed by atoms with Gasteiger partial charge in [-0.05, 0) is 56.0 Å². The molecule has 0 aromatic heterocycles. The Morgan fingerprint density at radius 2 is 2.10 bits per heavy atom. The highest BCUT2D eigenvalue weighted by Gasteiger charge is 2.41. The van der Waals surface area contributed by atoms with E-state index in [1.165, 1.54) is 0 Å². The molecule has 2 N–H and O–H groups in total. The van der Waals surface area contributed by atoms with Crippen LogP contribution in [0, 0.1) is 0 Å². The predicted molar refractivity (Wildman–Crippen MR) is 108 cm³/mol. The number of aliphatic hydroxyl groups is 1. The average Bonchev–Trinajstić information content (AvgIpc) is 3.30. The number of carbonyl (C=O) groups excluding carboxylic acids is 2. The second-order valence-electron chi connectivity index (χ2n) is 8.37. The highest BCUT2D eigenvalue weighted by molar-refractivity contribution is 6.01. The second kappa shape index (κ2) is 8.90. The van der Waals surface area contributed by atoms with Crippen LogP contribution in [0.2, 0.25) is 0 Å². The number of amides is 2. The van der Waals surface area contributed by atoms with E-state index in [4.69, 9.17) is 4.74 Å². The zero-order valence-electron chi connectivity index (χ0n) is 17.5. The number of rotatable bonds is 7. The van der Waals surface area contributed by atoms with Gasteiger partial charge < -0.3 is 14.7 Å². The van der Waals surface area contributed by atoms with Crippen LogP contribution >= 0.6 is 0 Å². The van der Waals surface area contributed by atoms with Crippen LogP contribution in [0.15, 0.2) is 18.2 Å². The van der Waals surface area contributed by atoms with Gasteiger partial charge in [-0.1, -0.05) is 6.92 Å². The number of hydrogen-bond acceptors (Lipinski definition) is 4. The number of fused-ring (bicyclic) bond motifs is 1. The molecule has 4 rings (SSSR count). The predicted octanol–water partition coefficient (Wildman–Crippen LogP) is 1.26. The third kappa shape index (κ3) is 4.42. The summed E-state index contributed by atoms with van der Waals surface area (Å²) < 4.78 is 32.1. The van der Waals surface area contributed by atoms with Gasteiger partial charge in [0.1, 0.15) is 11.9 Å². The summed E-state index contributed by atoms with van der Waals surface area (Å²) in [5, 5.41) is 10.1. The monoisotopic (exact) mass is 436 g/mol. The van der Waals surface area contributed by atoms with Crippen LogP contribution in [0.25, 0.3) is 0 Å². The molecule has 0 saturated heterocycles. The molecule has 1 aromatic rings. The second-order valence-corrected chi connectivity index (χ2v) is 8.37. The Hall–Kier alpha value is -2.55. The van der Waals surface area contributed by atoms with E-state index in [0.717, 1.165) is 24.8 Å². The lowest BCUT2D eigenvalue weighted by atomic mass is 10.1. The van der Waals surface area contributed by atoms with E-state index in [1.54, 1.807) is 21.9 Å².